The highest BCUT2D eigenvalue weighted by molar-refractivity contribution is 5.52. The number of aryl methyl sites for hydroxylation is 2. The minimum Gasteiger partial charge on any atom is -0.396 e. The fraction of sp³-hybridized carbons (Fsp3) is 0.545. The van der Waals surface area contributed by atoms with Gasteiger partial charge >= 0.3 is 0 Å². The molecule has 2 aliphatic rings. The van der Waals surface area contributed by atoms with Crippen molar-refractivity contribution in [2.24, 2.45) is 5.41 Å². The molecule has 0 amide bonds. The summed E-state index contributed by atoms with van der Waals surface area (Å²) in [5.74, 6) is 1.96. The maximum atomic E-state index is 10.4. The fourth-order valence-electron chi connectivity index (χ4n) is 5.18. The zero-order valence-corrected chi connectivity index (χ0v) is 15.9. The second-order valence-electron chi connectivity index (χ2n) is 8.06. The number of rotatable bonds is 6. The van der Waals surface area contributed by atoms with Crippen LogP contribution in [-0.2, 0) is 12.8 Å². The Morgan fingerprint density at radius 2 is 2.04 bits per heavy atom. The van der Waals surface area contributed by atoms with Gasteiger partial charge in [0.05, 0.1) is 6.61 Å². The summed E-state index contributed by atoms with van der Waals surface area (Å²) >= 11 is 0. The van der Waals surface area contributed by atoms with Gasteiger partial charge < -0.3 is 10.0 Å². The molecule has 26 heavy (non-hydrogen) atoms. The van der Waals surface area contributed by atoms with E-state index in [-0.39, 0.29) is 12.0 Å². The van der Waals surface area contributed by atoms with Crippen LogP contribution in [0.15, 0.2) is 36.5 Å². The van der Waals surface area contributed by atoms with Gasteiger partial charge in [-0.3, -0.25) is 0 Å². The monoisotopic (exact) mass is 351 g/mol. The van der Waals surface area contributed by atoms with Gasteiger partial charge in [0.25, 0.3) is 0 Å². The van der Waals surface area contributed by atoms with E-state index in [2.05, 4.69) is 47.1 Å². The Kier molecular flexibility index (Phi) is 4.70. The molecular formula is C22H29N3O. The first-order valence-electron chi connectivity index (χ1n) is 9.92. The molecule has 2 aliphatic heterocycles. The average molecular weight is 351 g/mol. The van der Waals surface area contributed by atoms with Gasteiger partial charge in [0.15, 0.2) is 0 Å². The van der Waals surface area contributed by atoms with Gasteiger partial charge in [-0.1, -0.05) is 43.7 Å². The maximum absolute atomic E-state index is 10.4. The van der Waals surface area contributed by atoms with Gasteiger partial charge in [-0.2, -0.15) is 0 Å². The Labute approximate surface area is 156 Å². The molecule has 1 N–H and O–H groups in total. The number of hydrogen-bond donors (Lipinski definition) is 1. The summed E-state index contributed by atoms with van der Waals surface area (Å²) in [6.45, 7) is 4.42. The molecule has 2 aromatic rings. The first-order valence-corrected chi connectivity index (χ1v) is 9.92. The molecule has 1 aromatic carbocycles. The normalized spacial score (nSPS) is 27.3. The quantitative estimate of drug-likeness (QED) is 0.862. The van der Waals surface area contributed by atoms with Crippen LogP contribution < -0.4 is 4.90 Å². The van der Waals surface area contributed by atoms with Crippen molar-refractivity contribution in [1.29, 1.82) is 0 Å². The Bertz CT molecular complexity index is 763. The molecule has 2 saturated heterocycles. The molecule has 2 bridgehead atoms. The summed E-state index contributed by atoms with van der Waals surface area (Å²) in [6, 6.07) is 11.5. The lowest BCUT2D eigenvalue weighted by Crippen LogP contribution is -2.42. The summed E-state index contributed by atoms with van der Waals surface area (Å²) in [5, 5.41) is 10.4. The van der Waals surface area contributed by atoms with Crippen LogP contribution >= 0.6 is 0 Å². The van der Waals surface area contributed by atoms with Crippen molar-refractivity contribution in [2.45, 2.75) is 64.5 Å². The molecule has 0 unspecified atom stereocenters. The van der Waals surface area contributed by atoms with Crippen LogP contribution in [0.5, 0.6) is 0 Å². The van der Waals surface area contributed by atoms with E-state index in [1.165, 1.54) is 17.5 Å². The Balaban J connectivity index is 1.69. The number of aromatic nitrogens is 2. The first-order chi connectivity index (χ1) is 12.7. The van der Waals surface area contributed by atoms with Crippen molar-refractivity contribution in [3.05, 3.63) is 53.5 Å². The van der Waals surface area contributed by atoms with Crippen LogP contribution in [-0.4, -0.2) is 33.8 Å². The molecule has 138 valence electrons. The molecule has 1 aromatic heterocycles. The van der Waals surface area contributed by atoms with Crippen molar-refractivity contribution < 1.29 is 5.11 Å². The number of anilines is 1. The summed E-state index contributed by atoms with van der Waals surface area (Å²) < 4.78 is 0. The summed E-state index contributed by atoms with van der Waals surface area (Å²) in [7, 11) is 0. The highest BCUT2D eigenvalue weighted by Crippen LogP contribution is 2.53. The highest BCUT2D eigenvalue weighted by Gasteiger charge is 2.56. The van der Waals surface area contributed by atoms with Crippen LogP contribution in [0.4, 0.5) is 5.82 Å². The minimum atomic E-state index is -0.0629. The second-order valence-corrected chi connectivity index (χ2v) is 8.06. The molecule has 4 nitrogen and oxygen atoms in total. The topological polar surface area (TPSA) is 49.2 Å². The first kappa shape index (κ1) is 17.5. The molecule has 3 atom stereocenters. The average Bonchev–Trinajstić information content (AvgIpc) is 3.20. The second kappa shape index (κ2) is 6.99. The largest absolute Gasteiger partial charge is 0.396 e. The molecule has 4 heteroatoms. The van der Waals surface area contributed by atoms with E-state index < -0.39 is 0 Å². The third kappa shape index (κ3) is 2.90. The van der Waals surface area contributed by atoms with E-state index in [0.717, 1.165) is 43.7 Å². The van der Waals surface area contributed by atoms with Gasteiger partial charge in [-0.15, -0.1) is 0 Å². The zero-order valence-electron chi connectivity index (χ0n) is 15.9. The van der Waals surface area contributed by atoms with E-state index in [4.69, 9.17) is 4.98 Å². The van der Waals surface area contributed by atoms with Crippen LogP contribution in [0.3, 0.4) is 0 Å². The zero-order chi connectivity index (χ0) is 18.1. The fourth-order valence-corrected chi connectivity index (χ4v) is 5.18. The molecular weight excluding hydrogens is 322 g/mol. The van der Waals surface area contributed by atoms with Crippen LogP contribution in [0.1, 0.15) is 49.6 Å². The van der Waals surface area contributed by atoms with Gasteiger partial charge in [0.2, 0.25) is 0 Å². The van der Waals surface area contributed by atoms with Crippen molar-refractivity contribution in [2.75, 3.05) is 11.5 Å². The van der Waals surface area contributed by atoms with Gasteiger partial charge in [0.1, 0.15) is 11.6 Å². The Hall–Kier alpha value is -1.94. The summed E-state index contributed by atoms with van der Waals surface area (Å²) in [5.41, 5.74) is 2.51. The van der Waals surface area contributed by atoms with Crippen LogP contribution in [0, 0.1) is 12.3 Å². The highest BCUT2D eigenvalue weighted by atomic mass is 16.3. The Morgan fingerprint density at radius 1 is 1.23 bits per heavy atom. The predicted octanol–water partition coefficient (Wildman–Crippen LogP) is 3.70. The molecule has 4 rings (SSSR count). The van der Waals surface area contributed by atoms with Crippen LogP contribution in [0.2, 0.25) is 0 Å². The number of hydrogen-bond acceptors (Lipinski definition) is 4. The third-order valence-electron chi connectivity index (χ3n) is 6.29. The van der Waals surface area contributed by atoms with Gasteiger partial charge in [0, 0.05) is 29.3 Å². The van der Waals surface area contributed by atoms with Crippen molar-refractivity contribution in [1.82, 2.24) is 9.97 Å². The number of benzene rings is 1. The third-order valence-corrected chi connectivity index (χ3v) is 6.29. The van der Waals surface area contributed by atoms with Crippen molar-refractivity contribution >= 4 is 5.82 Å². The summed E-state index contributed by atoms with van der Waals surface area (Å²) in [6.07, 6.45) is 8.46. The van der Waals surface area contributed by atoms with E-state index in [9.17, 15) is 5.11 Å². The number of aliphatic hydroxyl groups excluding tert-OH is 1. The standard InChI is InChI=1S/C22H29N3O/c1-3-7-18-14-23-16(2)24-21(18)25-19-10-11-20(25)22(13-19,15-26)12-17-8-5-4-6-9-17/h4-6,8-9,14,19-20,26H,3,7,10-13,15H2,1-2H3/t19-,20+,22-/m1/s1. The minimum absolute atomic E-state index is 0.0629. The van der Waals surface area contributed by atoms with E-state index in [0.29, 0.717) is 12.1 Å². The lowest BCUT2D eigenvalue weighted by molar-refractivity contribution is 0.0984. The maximum Gasteiger partial charge on any atom is 0.135 e. The van der Waals surface area contributed by atoms with Crippen LogP contribution in [0.25, 0.3) is 0 Å². The van der Waals surface area contributed by atoms with E-state index in [1.807, 2.05) is 13.1 Å². The van der Waals surface area contributed by atoms with Gasteiger partial charge in [-0.05, 0) is 44.6 Å². The SMILES string of the molecule is CCCc1cnc(C)nc1N1[C@@H]2CC[C@H]1[C@](CO)(Cc1ccccc1)C2. The van der Waals surface area contributed by atoms with Gasteiger partial charge in [-0.25, -0.2) is 9.97 Å². The molecule has 0 radical (unpaired) electrons. The van der Waals surface area contributed by atoms with Crippen molar-refractivity contribution in [3.63, 3.8) is 0 Å². The van der Waals surface area contributed by atoms with E-state index in [1.54, 1.807) is 0 Å². The summed E-state index contributed by atoms with van der Waals surface area (Å²) in [4.78, 5) is 11.8. The Morgan fingerprint density at radius 3 is 2.77 bits per heavy atom. The molecule has 0 aliphatic carbocycles. The molecule has 2 fully saturated rings. The lowest BCUT2D eigenvalue weighted by Gasteiger charge is -2.36. The molecule has 3 heterocycles. The van der Waals surface area contributed by atoms with E-state index >= 15 is 0 Å². The number of fused-ring (bicyclic) bond motifs is 2. The molecule has 0 spiro atoms. The van der Waals surface area contributed by atoms with Crippen molar-refractivity contribution in [3.8, 4) is 0 Å². The molecule has 0 saturated carbocycles. The lowest BCUT2D eigenvalue weighted by atomic mass is 9.70. The smallest absolute Gasteiger partial charge is 0.135 e. The number of aliphatic hydroxyl groups is 1. The predicted molar refractivity (Wildman–Crippen MR) is 104 cm³/mol. The number of nitrogens with zero attached hydrogens (tertiary/aromatic N) is 3.